The van der Waals surface area contributed by atoms with E-state index in [0.29, 0.717) is 12.2 Å². The van der Waals surface area contributed by atoms with Crippen LogP contribution in [-0.2, 0) is 4.74 Å². The quantitative estimate of drug-likeness (QED) is 0.677. The lowest BCUT2D eigenvalue weighted by molar-refractivity contribution is 0.0274. The minimum Gasteiger partial charge on any atom is -0.372 e. The highest BCUT2D eigenvalue weighted by molar-refractivity contribution is 4.77. The lowest BCUT2D eigenvalue weighted by Gasteiger charge is -2.23. The van der Waals surface area contributed by atoms with E-state index in [2.05, 4.69) is 43.2 Å². The lowest BCUT2D eigenvalue weighted by atomic mass is 10.2. The maximum absolute atomic E-state index is 6.02. The minimum atomic E-state index is 0.433. The second-order valence-electron chi connectivity index (χ2n) is 5.33. The summed E-state index contributed by atoms with van der Waals surface area (Å²) in [5.74, 6) is 0. The van der Waals surface area contributed by atoms with Crippen molar-refractivity contribution in [2.45, 2.75) is 32.0 Å². The molecule has 1 fully saturated rings. The van der Waals surface area contributed by atoms with Crippen molar-refractivity contribution < 1.29 is 4.74 Å². The summed E-state index contributed by atoms with van der Waals surface area (Å²) in [6, 6.07) is 0. The van der Waals surface area contributed by atoms with Crippen molar-refractivity contribution >= 4 is 0 Å². The van der Waals surface area contributed by atoms with Crippen LogP contribution in [0, 0.1) is 0 Å². The molecule has 0 aromatic carbocycles. The number of hydrogen-bond donors (Lipinski definition) is 1. The monoisotopic (exact) mass is 243 g/mol. The summed E-state index contributed by atoms with van der Waals surface area (Å²) in [6.45, 7) is 7.48. The van der Waals surface area contributed by atoms with E-state index < -0.39 is 0 Å². The van der Waals surface area contributed by atoms with Crippen LogP contribution >= 0.6 is 0 Å². The molecular weight excluding hydrogens is 214 g/mol. The fraction of sp³-hybridized carbons (Fsp3) is 1.00. The fourth-order valence-corrected chi connectivity index (χ4v) is 2.18. The van der Waals surface area contributed by atoms with Crippen molar-refractivity contribution in [3.8, 4) is 0 Å². The summed E-state index contributed by atoms with van der Waals surface area (Å²) in [5, 5.41) is 3.36. The number of rotatable bonds is 8. The third-order valence-corrected chi connectivity index (χ3v) is 3.26. The van der Waals surface area contributed by atoms with Crippen LogP contribution in [0.1, 0.15) is 19.8 Å². The van der Waals surface area contributed by atoms with Gasteiger partial charge in [-0.05, 0) is 40.5 Å². The Morgan fingerprint density at radius 3 is 2.47 bits per heavy atom. The van der Waals surface area contributed by atoms with E-state index in [1.165, 1.54) is 12.8 Å². The van der Waals surface area contributed by atoms with Gasteiger partial charge in [0.25, 0.3) is 0 Å². The highest BCUT2D eigenvalue weighted by Gasteiger charge is 2.25. The van der Waals surface area contributed by atoms with Crippen LogP contribution in [0.3, 0.4) is 0 Å². The third-order valence-electron chi connectivity index (χ3n) is 3.26. The molecule has 1 heterocycles. The second kappa shape index (κ2) is 8.03. The molecule has 1 saturated heterocycles. The first-order valence-electron chi connectivity index (χ1n) is 6.81. The van der Waals surface area contributed by atoms with Gasteiger partial charge in [0.1, 0.15) is 0 Å². The first-order valence-corrected chi connectivity index (χ1v) is 6.81. The van der Waals surface area contributed by atoms with Gasteiger partial charge in [0.05, 0.1) is 12.2 Å². The Labute approximate surface area is 106 Å². The van der Waals surface area contributed by atoms with Crippen molar-refractivity contribution in [3.05, 3.63) is 0 Å². The number of nitrogens with zero attached hydrogens (tertiary/aromatic N) is 2. The van der Waals surface area contributed by atoms with Crippen LogP contribution < -0.4 is 5.32 Å². The van der Waals surface area contributed by atoms with Gasteiger partial charge in [0.2, 0.25) is 0 Å². The molecule has 0 spiro atoms. The zero-order valence-electron chi connectivity index (χ0n) is 11.9. The molecule has 0 aromatic rings. The first-order chi connectivity index (χ1) is 8.11. The Morgan fingerprint density at radius 2 is 1.82 bits per heavy atom. The third kappa shape index (κ3) is 6.36. The Kier molecular flexibility index (Phi) is 7.04. The molecule has 0 saturated carbocycles. The van der Waals surface area contributed by atoms with E-state index in [9.17, 15) is 0 Å². The Balaban J connectivity index is 2.11. The van der Waals surface area contributed by atoms with Crippen LogP contribution in [0.4, 0.5) is 0 Å². The Bertz CT molecular complexity index is 199. The molecule has 1 N–H and O–H groups in total. The normalized spacial score (nSPS) is 25.1. The van der Waals surface area contributed by atoms with Gasteiger partial charge in [-0.3, -0.25) is 0 Å². The molecule has 1 aliphatic heterocycles. The fourth-order valence-electron chi connectivity index (χ4n) is 2.18. The van der Waals surface area contributed by atoms with E-state index in [4.69, 9.17) is 4.74 Å². The van der Waals surface area contributed by atoms with Crippen LogP contribution in [0.5, 0.6) is 0 Å². The molecule has 0 aromatic heterocycles. The van der Waals surface area contributed by atoms with E-state index in [1.807, 2.05) is 0 Å². The van der Waals surface area contributed by atoms with Crippen LogP contribution in [0.15, 0.2) is 0 Å². The largest absolute Gasteiger partial charge is 0.372 e. The highest BCUT2D eigenvalue weighted by Crippen LogP contribution is 2.19. The minimum absolute atomic E-state index is 0.433. The zero-order chi connectivity index (χ0) is 12.7. The Morgan fingerprint density at radius 1 is 1.12 bits per heavy atom. The first kappa shape index (κ1) is 14.9. The van der Waals surface area contributed by atoms with Crippen molar-refractivity contribution in [2.75, 3.05) is 53.9 Å². The van der Waals surface area contributed by atoms with E-state index in [0.717, 1.165) is 32.7 Å². The van der Waals surface area contributed by atoms with E-state index in [-0.39, 0.29) is 0 Å². The average molecular weight is 243 g/mol. The van der Waals surface area contributed by atoms with Crippen LogP contribution in [0.2, 0.25) is 0 Å². The van der Waals surface area contributed by atoms with Gasteiger partial charge >= 0.3 is 0 Å². The van der Waals surface area contributed by atoms with Crippen molar-refractivity contribution in [1.29, 1.82) is 0 Å². The van der Waals surface area contributed by atoms with Gasteiger partial charge in [-0.2, -0.15) is 0 Å². The molecule has 17 heavy (non-hydrogen) atoms. The maximum Gasteiger partial charge on any atom is 0.0707 e. The van der Waals surface area contributed by atoms with Crippen molar-refractivity contribution in [2.24, 2.45) is 0 Å². The summed E-state index contributed by atoms with van der Waals surface area (Å²) in [4.78, 5) is 4.60. The van der Waals surface area contributed by atoms with Gasteiger partial charge < -0.3 is 19.9 Å². The van der Waals surface area contributed by atoms with Crippen molar-refractivity contribution in [3.63, 3.8) is 0 Å². The van der Waals surface area contributed by atoms with Gasteiger partial charge in [0, 0.05) is 26.2 Å². The molecule has 1 aliphatic rings. The molecule has 4 heteroatoms. The zero-order valence-corrected chi connectivity index (χ0v) is 11.9. The molecule has 2 atom stereocenters. The summed E-state index contributed by atoms with van der Waals surface area (Å²) in [6.07, 6.45) is 3.29. The topological polar surface area (TPSA) is 27.7 Å². The standard InChI is InChI=1S/C13H29N3O/c1-5-14-10-12-6-7-13(17-12)11-16(4)9-8-15(2)3/h12-14H,5-11H2,1-4H3. The van der Waals surface area contributed by atoms with Crippen molar-refractivity contribution in [1.82, 2.24) is 15.1 Å². The number of likely N-dealkylation sites (N-methyl/N-ethyl adjacent to an activating group) is 3. The number of ether oxygens (including phenoxy) is 1. The van der Waals surface area contributed by atoms with Gasteiger partial charge in [-0.1, -0.05) is 6.92 Å². The average Bonchev–Trinajstić information content (AvgIpc) is 2.71. The molecule has 102 valence electrons. The predicted molar refractivity (Wildman–Crippen MR) is 72.5 cm³/mol. The lowest BCUT2D eigenvalue weighted by Crippen LogP contribution is -2.35. The van der Waals surface area contributed by atoms with Gasteiger partial charge in [-0.15, -0.1) is 0 Å². The molecular formula is C13H29N3O. The summed E-state index contributed by atoms with van der Waals surface area (Å²) in [5.41, 5.74) is 0. The molecule has 2 unspecified atom stereocenters. The highest BCUT2D eigenvalue weighted by atomic mass is 16.5. The predicted octanol–water partition coefficient (Wildman–Crippen LogP) is 0.637. The smallest absolute Gasteiger partial charge is 0.0707 e. The van der Waals surface area contributed by atoms with Gasteiger partial charge in [0.15, 0.2) is 0 Å². The Hall–Kier alpha value is -0.160. The summed E-state index contributed by atoms with van der Waals surface area (Å²) in [7, 11) is 6.42. The number of nitrogens with one attached hydrogen (secondary N) is 1. The summed E-state index contributed by atoms with van der Waals surface area (Å²) >= 11 is 0. The second-order valence-corrected chi connectivity index (χ2v) is 5.33. The van der Waals surface area contributed by atoms with E-state index >= 15 is 0 Å². The molecule has 0 radical (unpaired) electrons. The molecule has 1 rings (SSSR count). The van der Waals surface area contributed by atoms with Crippen LogP contribution in [-0.4, -0.2) is 75.9 Å². The SMILES string of the molecule is CCNCC1CCC(CN(C)CCN(C)C)O1. The molecule has 0 bridgehead atoms. The molecule has 0 amide bonds. The maximum atomic E-state index is 6.02. The number of hydrogen-bond acceptors (Lipinski definition) is 4. The van der Waals surface area contributed by atoms with E-state index in [1.54, 1.807) is 0 Å². The molecule has 4 nitrogen and oxygen atoms in total. The molecule has 0 aliphatic carbocycles. The van der Waals surface area contributed by atoms with Crippen LogP contribution in [0.25, 0.3) is 0 Å². The van der Waals surface area contributed by atoms with Gasteiger partial charge in [-0.25, -0.2) is 0 Å². The summed E-state index contributed by atoms with van der Waals surface area (Å²) < 4.78 is 6.02.